The van der Waals surface area contributed by atoms with E-state index >= 15 is 0 Å². The number of unbranched alkanes of at least 4 members (excludes halogenated alkanes) is 3. The van der Waals surface area contributed by atoms with Gasteiger partial charge in [-0.2, -0.15) is 0 Å². The van der Waals surface area contributed by atoms with Crippen LogP contribution in [0.2, 0.25) is 0 Å². The van der Waals surface area contributed by atoms with Crippen molar-refractivity contribution in [2.45, 2.75) is 39.0 Å². The van der Waals surface area contributed by atoms with Gasteiger partial charge in [0, 0.05) is 6.42 Å². The average Bonchev–Trinajstić information content (AvgIpc) is 2.35. The predicted octanol–water partition coefficient (Wildman–Crippen LogP) is 2.69. The lowest BCUT2D eigenvalue weighted by molar-refractivity contribution is -0.116. The summed E-state index contributed by atoms with van der Waals surface area (Å²) in [7, 11) is 0. The SMILES string of the molecule is CCCCCCC(=O)Nc1ccc(C(=O)O)nc1. The molecule has 5 heteroatoms. The topological polar surface area (TPSA) is 79.3 Å². The van der Waals surface area contributed by atoms with Crippen molar-refractivity contribution in [3.63, 3.8) is 0 Å². The normalized spacial score (nSPS) is 10.1. The monoisotopic (exact) mass is 250 g/mol. The third-order valence-electron chi connectivity index (χ3n) is 2.52. The fourth-order valence-electron chi connectivity index (χ4n) is 1.53. The highest BCUT2D eigenvalue weighted by atomic mass is 16.4. The standard InChI is InChI=1S/C13H18N2O3/c1-2-3-4-5-6-12(16)15-10-7-8-11(13(17)18)14-9-10/h7-9H,2-6H2,1H3,(H,15,16)(H,17,18). The van der Waals surface area contributed by atoms with Gasteiger partial charge in [0.1, 0.15) is 5.69 Å². The molecule has 0 aromatic carbocycles. The molecule has 0 aliphatic carbocycles. The summed E-state index contributed by atoms with van der Waals surface area (Å²) >= 11 is 0. The van der Waals surface area contributed by atoms with Gasteiger partial charge in [0.25, 0.3) is 0 Å². The second kappa shape index (κ2) is 7.42. The van der Waals surface area contributed by atoms with Gasteiger partial charge in [-0.3, -0.25) is 4.79 Å². The highest BCUT2D eigenvalue weighted by Gasteiger charge is 2.05. The Hall–Kier alpha value is -1.91. The van der Waals surface area contributed by atoms with Gasteiger partial charge >= 0.3 is 5.97 Å². The zero-order valence-corrected chi connectivity index (χ0v) is 10.5. The number of anilines is 1. The van der Waals surface area contributed by atoms with E-state index in [9.17, 15) is 9.59 Å². The summed E-state index contributed by atoms with van der Waals surface area (Å²) in [5.74, 6) is -1.14. The van der Waals surface area contributed by atoms with Crippen LogP contribution < -0.4 is 5.32 Å². The zero-order valence-electron chi connectivity index (χ0n) is 10.5. The van der Waals surface area contributed by atoms with Gasteiger partial charge in [0.05, 0.1) is 11.9 Å². The number of rotatable bonds is 7. The van der Waals surface area contributed by atoms with Crippen molar-refractivity contribution < 1.29 is 14.7 Å². The largest absolute Gasteiger partial charge is 0.477 e. The number of nitrogens with zero attached hydrogens (tertiary/aromatic N) is 1. The molecule has 1 heterocycles. The van der Waals surface area contributed by atoms with Gasteiger partial charge in [-0.1, -0.05) is 26.2 Å². The fourth-order valence-corrected chi connectivity index (χ4v) is 1.53. The molecule has 0 bridgehead atoms. The van der Waals surface area contributed by atoms with Crippen LogP contribution in [0.4, 0.5) is 5.69 Å². The summed E-state index contributed by atoms with van der Waals surface area (Å²) in [6.07, 6.45) is 6.05. The van der Waals surface area contributed by atoms with E-state index in [-0.39, 0.29) is 11.6 Å². The van der Waals surface area contributed by atoms with E-state index in [1.807, 2.05) is 0 Å². The molecular formula is C13H18N2O3. The van der Waals surface area contributed by atoms with Crippen LogP contribution in [0.3, 0.4) is 0 Å². The highest BCUT2D eigenvalue weighted by Crippen LogP contribution is 2.08. The quantitative estimate of drug-likeness (QED) is 0.729. The molecule has 0 saturated heterocycles. The lowest BCUT2D eigenvalue weighted by atomic mass is 10.1. The summed E-state index contributed by atoms with van der Waals surface area (Å²) in [5.41, 5.74) is 0.497. The van der Waals surface area contributed by atoms with Crippen molar-refractivity contribution in [3.8, 4) is 0 Å². The van der Waals surface area contributed by atoms with Gasteiger partial charge in [-0.25, -0.2) is 9.78 Å². The lowest BCUT2D eigenvalue weighted by Gasteiger charge is -2.04. The van der Waals surface area contributed by atoms with Crippen LogP contribution in [0, 0.1) is 0 Å². The number of amides is 1. The van der Waals surface area contributed by atoms with Crippen LogP contribution >= 0.6 is 0 Å². The first kappa shape index (κ1) is 14.2. The molecule has 1 rings (SSSR count). The zero-order chi connectivity index (χ0) is 13.4. The minimum Gasteiger partial charge on any atom is -0.477 e. The first-order valence-corrected chi connectivity index (χ1v) is 6.12. The Morgan fingerprint density at radius 3 is 2.61 bits per heavy atom. The summed E-state index contributed by atoms with van der Waals surface area (Å²) in [4.78, 5) is 25.9. The third kappa shape index (κ3) is 4.95. The van der Waals surface area contributed by atoms with Crippen LogP contribution in [0.1, 0.15) is 49.5 Å². The van der Waals surface area contributed by atoms with Crippen molar-refractivity contribution in [1.29, 1.82) is 0 Å². The first-order valence-electron chi connectivity index (χ1n) is 6.12. The molecular weight excluding hydrogens is 232 g/mol. The lowest BCUT2D eigenvalue weighted by Crippen LogP contribution is -2.11. The average molecular weight is 250 g/mol. The molecule has 0 unspecified atom stereocenters. The molecule has 18 heavy (non-hydrogen) atoms. The Bertz CT molecular complexity index is 401. The summed E-state index contributed by atoms with van der Waals surface area (Å²) in [5, 5.41) is 11.4. The van der Waals surface area contributed by atoms with E-state index in [4.69, 9.17) is 5.11 Å². The van der Waals surface area contributed by atoms with E-state index in [0.717, 1.165) is 25.7 Å². The number of pyridine rings is 1. The molecule has 1 amide bonds. The molecule has 98 valence electrons. The molecule has 5 nitrogen and oxygen atoms in total. The van der Waals surface area contributed by atoms with Crippen LogP contribution in [0.15, 0.2) is 18.3 Å². The summed E-state index contributed by atoms with van der Waals surface area (Å²) < 4.78 is 0. The van der Waals surface area contributed by atoms with Crippen LogP contribution in [0.25, 0.3) is 0 Å². The number of carbonyl (C=O) groups is 2. The van der Waals surface area contributed by atoms with Crippen molar-refractivity contribution in [2.24, 2.45) is 0 Å². The van der Waals surface area contributed by atoms with Crippen LogP contribution in [-0.2, 0) is 4.79 Å². The molecule has 0 aliphatic rings. The molecule has 1 aromatic rings. The predicted molar refractivity (Wildman–Crippen MR) is 68.6 cm³/mol. The number of carbonyl (C=O) groups excluding carboxylic acids is 1. The van der Waals surface area contributed by atoms with Gasteiger partial charge < -0.3 is 10.4 Å². The van der Waals surface area contributed by atoms with E-state index in [1.165, 1.54) is 12.3 Å². The van der Waals surface area contributed by atoms with Crippen molar-refractivity contribution in [1.82, 2.24) is 4.98 Å². The highest BCUT2D eigenvalue weighted by molar-refractivity contribution is 5.91. The Morgan fingerprint density at radius 2 is 2.06 bits per heavy atom. The maximum absolute atomic E-state index is 11.5. The van der Waals surface area contributed by atoms with Crippen molar-refractivity contribution >= 4 is 17.6 Å². The minimum absolute atomic E-state index is 0.0315. The minimum atomic E-state index is -1.08. The first-order chi connectivity index (χ1) is 8.63. The number of hydrogen-bond acceptors (Lipinski definition) is 3. The molecule has 0 saturated carbocycles. The molecule has 0 atom stereocenters. The van der Waals surface area contributed by atoms with E-state index in [2.05, 4.69) is 17.2 Å². The molecule has 1 aromatic heterocycles. The molecule has 0 fully saturated rings. The van der Waals surface area contributed by atoms with Gasteiger partial charge in [-0.05, 0) is 18.6 Å². The number of hydrogen-bond donors (Lipinski definition) is 2. The van der Waals surface area contributed by atoms with Gasteiger partial charge in [0.15, 0.2) is 0 Å². The Morgan fingerprint density at radius 1 is 1.28 bits per heavy atom. The second-order valence-electron chi connectivity index (χ2n) is 4.10. The second-order valence-corrected chi connectivity index (χ2v) is 4.10. The number of nitrogens with one attached hydrogen (secondary N) is 1. The maximum atomic E-state index is 11.5. The summed E-state index contributed by atoms with van der Waals surface area (Å²) in [6.45, 7) is 2.12. The Labute approximate surface area is 106 Å². The van der Waals surface area contributed by atoms with Gasteiger partial charge in [-0.15, -0.1) is 0 Å². The Balaban J connectivity index is 2.37. The number of aromatic carboxylic acids is 1. The number of carboxylic acid groups (broad SMARTS) is 1. The number of carboxylic acids is 1. The summed E-state index contributed by atoms with van der Waals surface area (Å²) in [6, 6.07) is 2.91. The molecule has 0 radical (unpaired) electrons. The van der Waals surface area contributed by atoms with Crippen LogP contribution in [-0.4, -0.2) is 22.0 Å². The number of aromatic nitrogens is 1. The molecule has 0 spiro atoms. The third-order valence-corrected chi connectivity index (χ3v) is 2.52. The molecule has 0 aliphatic heterocycles. The van der Waals surface area contributed by atoms with E-state index in [0.29, 0.717) is 12.1 Å². The fraction of sp³-hybridized carbons (Fsp3) is 0.462. The molecule has 2 N–H and O–H groups in total. The van der Waals surface area contributed by atoms with Crippen molar-refractivity contribution in [2.75, 3.05) is 5.32 Å². The van der Waals surface area contributed by atoms with Crippen molar-refractivity contribution in [3.05, 3.63) is 24.0 Å². The van der Waals surface area contributed by atoms with Crippen LogP contribution in [0.5, 0.6) is 0 Å². The maximum Gasteiger partial charge on any atom is 0.354 e. The smallest absolute Gasteiger partial charge is 0.354 e. The Kier molecular flexibility index (Phi) is 5.84. The van der Waals surface area contributed by atoms with E-state index < -0.39 is 5.97 Å². The van der Waals surface area contributed by atoms with E-state index in [1.54, 1.807) is 6.07 Å². The van der Waals surface area contributed by atoms with Gasteiger partial charge in [0.2, 0.25) is 5.91 Å².